The van der Waals surface area contributed by atoms with E-state index in [1.807, 2.05) is 0 Å². The number of carbonyl (C=O) groups excluding carboxylic acids is 6. The van der Waals surface area contributed by atoms with E-state index in [4.69, 9.17) is 14.2 Å². The highest BCUT2D eigenvalue weighted by Crippen LogP contribution is 2.18. The van der Waals surface area contributed by atoms with Crippen LogP contribution in [0.25, 0.3) is 0 Å². The van der Waals surface area contributed by atoms with Gasteiger partial charge in [-0.2, -0.15) is 0 Å². The van der Waals surface area contributed by atoms with Crippen molar-refractivity contribution in [1.29, 1.82) is 0 Å². The Kier molecular flexibility index (Phi) is 38.9. The van der Waals surface area contributed by atoms with Gasteiger partial charge in [0.1, 0.15) is 18.1 Å². The first-order chi connectivity index (χ1) is 34.7. The van der Waals surface area contributed by atoms with E-state index in [-0.39, 0.29) is 54.3 Å². The lowest BCUT2D eigenvalue weighted by Crippen LogP contribution is -2.47. The summed E-state index contributed by atoms with van der Waals surface area (Å²) in [6, 6.07) is 1.01. The molecule has 0 aliphatic carbocycles. The molecule has 0 aliphatic heterocycles. The molecule has 0 heterocycles. The second-order valence-electron chi connectivity index (χ2n) is 21.4. The van der Waals surface area contributed by atoms with Crippen molar-refractivity contribution in [3.05, 3.63) is 34.9 Å². The predicted octanol–water partition coefficient (Wildman–Crippen LogP) is 14.3. The first-order valence-corrected chi connectivity index (χ1v) is 29.3. The second-order valence-corrected chi connectivity index (χ2v) is 21.4. The van der Waals surface area contributed by atoms with Crippen molar-refractivity contribution in [3.63, 3.8) is 0 Å². The van der Waals surface area contributed by atoms with Crippen LogP contribution in [-0.4, -0.2) is 73.6 Å². The van der Waals surface area contributed by atoms with Gasteiger partial charge in [0, 0.05) is 16.7 Å². The van der Waals surface area contributed by atoms with Crippen LogP contribution in [0.5, 0.6) is 0 Å². The van der Waals surface area contributed by atoms with Crippen LogP contribution in [0.3, 0.4) is 0 Å². The third kappa shape index (κ3) is 30.9. The zero-order chi connectivity index (χ0) is 53.4. The molecule has 414 valence electrons. The third-order valence-corrected chi connectivity index (χ3v) is 13.6. The molecule has 0 fully saturated rings. The van der Waals surface area contributed by atoms with Crippen LogP contribution in [0.2, 0.25) is 0 Å². The van der Waals surface area contributed by atoms with Crippen LogP contribution in [0.1, 0.15) is 286 Å². The maximum atomic E-state index is 14.1. The molecule has 1 aromatic carbocycles. The van der Waals surface area contributed by atoms with E-state index < -0.39 is 53.8 Å². The molecular formula is C60H105N3O9. The average molecular weight is 1010 g/mol. The van der Waals surface area contributed by atoms with Gasteiger partial charge in [0.25, 0.3) is 17.7 Å². The molecule has 1 rings (SSSR count). The Bertz CT molecular complexity index is 1430. The molecule has 1 aromatic rings. The zero-order valence-electron chi connectivity index (χ0n) is 47.2. The number of amides is 3. The Balaban J connectivity index is 3.16. The Morgan fingerprint density at radius 1 is 0.319 bits per heavy atom. The van der Waals surface area contributed by atoms with Gasteiger partial charge in [0.15, 0.2) is 0 Å². The fourth-order valence-corrected chi connectivity index (χ4v) is 8.74. The molecule has 0 saturated heterocycles. The number of esters is 3. The van der Waals surface area contributed by atoms with Crippen molar-refractivity contribution in [1.82, 2.24) is 16.0 Å². The summed E-state index contributed by atoms with van der Waals surface area (Å²) in [4.78, 5) is 82.4. The Morgan fingerprint density at radius 3 is 0.681 bits per heavy atom. The van der Waals surface area contributed by atoms with Crippen molar-refractivity contribution < 1.29 is 43.0 Å². The minimum Gasteiger partial charge on any atom is -0.464 e. The van der Waals surface area contributed by atoms with Crippen LogP contribution in [0.4, 0.5) is 0 Å². The number of rotatable bonds is 45. The molecular weight excluding hydrogens is 907 g/mol. The number of hydrogen-bond acceptors (Lipinski definition) is 9. The van der Waals surface area contributed by atoms with E-state index >= 15 is 0 Å². The Morgan fingerprint density at radius 2 is 0.500 bits per heavy atom. The number of benzene rings is 1. The van der Waals surface area contributed by atoms with Gasteiger partial charge in [-0.1, -0.05) is 236 Å². The molecule has 0 aliphatic rings. The largest absolute Gasteiger partial charge is 0.464 e. The molecule has 72 heavy (non-hydrogen) atoms. The summed E-state index contributed by atoms with van der Waals surface area (Å²) in [6.07, 6.45) is 34.5. The molecule has 0 bridgehead atoms. The van der Waals surface area contributed by atoms with Gasteiger partial charge >= 0.3 is 17.9 Å². The maximum absolute atomic E-state index is 14.1. The topological polar surface area (TPSA) is 166 Å². The van der Waals surface area contributed by atoms with Gasteiger partial charge in [-0.3, -0.25) is 14.4 Å². The highest BCUT2D eigenvalue weighted by molar-refractivity contribution is 6.06. The first kappa shape index (κ1) is 66.1. The molecule has 12 nitrogen and oxygen atoms in total. The fraction of sp³-hybridized carbons (Fsp3) is 0.800. The summed E-state index contributed by atoms with van der Waals surface area (Å²) >= 11 is 0. The summed E-state index contributed by atoms with van der Waals surface area (Å²) < 4.78 is 16.9. The van der Waals surface area contributed by atoms with Crippen LogP contribution >= 0.6 is 0 Å². The summed E-state index contributed by atoms with van der Waals surface area (Å²) in [5.74, 6) is -4.77. The van der Waals surface area contributed by atoms with E-state index in [2.05, 4.69) is 36.7 Å². The van der Waals surface area contributed by atoms with Crippen molar-refractivity contribution in [2.75, 3.05) is 19.8 Å². The average Bonchev–Trinajstić information content (AvgIpc) is 3.35. The van der Waals surface area contributed by atoms with Gasteiger partial charge < -0.3 is 30.2 Å². The zero-order valence-corrected chi connectivity index (χ0v) is 47.2. The number of ether oxygens (including phenoxy) is 3. The minimum atomic E-state index is -0.998. The van der Waals surface area contributed by atoms with Crippen molar-refractivity contribution >= 4 is 35.6 Å². The van der Waals surface area contributed by atoms with Crippen LogP contribution in [0, 0.1) is 17.8 Å². The molecule has 12 heteroatoms. The SMILES string of the molecule is CCCCCCCCCCCCOC(=O)[C@@H](NC(=O)c1cc(C(=O)N[C@H](C(=O)OCCCCCCCCCCCC)C(C)C)cc(C(=O)N[C@H](C(=O)OCCCCCCCCCCCC)C(C)C)c1)C(C)C. The molecule has 3 N–H and O–H groups in total. The molecule has 0 aromatic heterocycles. The number of carbonyl (C=O) groups is 6. The van der Waals surface area contributed by atoms with Crippen LogP contribution < -0.4 is 16.0 Å². The van der Waals surface area contributed by atoms with E-state index in [0.29, 0.717) is 0 Å². The quantitative estimate of drug-likeness (QED) is 0.0327. The normalized spacial score (nSPS) is 12.7. The lowest BCUT2D eigenvalue weighted by Gasteiger charge is -2.23. The van der Waals surface area contributed by atoms with Gasteiger partial charge in [0.05, 0.1) is 19.8 Å². The summed E-state index contributed by atoms with van der Waals surface area (Å²) in [6.45, 7) is 18.2. The number of unbranched alkanes of at least 4 members (excludes halogenated alkanes) is 27. The van der Waals surface area contributed by atoms with E-state index in [9.17, 15) is 28.8 Å². The predicted molar refractivity (Wildman–Crippen MR) is 293 cm³/mol. The van der Waals surface area contributed by atoms with E-state index in [1.165, 1.54) is 134 Å². The Hall–Kier alpha value is -3.96. The van der Waals surface area contributed by atoms with Gasteiger partial charge in [-0.05, 0) is 55.2 Å². The van der Waals surface area contributed by atoms with Gasteiger partial charge in [-0.25, -0.2) is 14.4 Å². The van der Waals surface area contributed by atoms with Crippen molar-refractivity contribution in [2.24, 2.45) is 17.8 Å². The van der Waals surface area contributed by atoms with Gasteiger partial charge in [-0.15, -0.1) is 0 Å². The van der Waals surface area contributed by atoms with E-state index in [0.717, 1.165) is 77.0 Å². The molecule has 0 radical (unpaired) electrons. The molecule has 0 spiro atoms. The fourth-order valence-electron chi connectivity index (χ4n) is 8.74. The lowest BCUT2D eigenvalue weighted by molar-refractivity contribution is -0.148. The third-order valence-electron chi connectivity index (χ3n) is 13.6. The maximum Gasteiger partial charge on any atom is 0.328 e. The minimum absolute atomic E-state index is 0.0600. The van der Waals surface area contributed by atoms with Gasteiger partial charge in [0.2, 0.25) is 0 Å². The molecule has 0 unspecified atom stereocenters. The smallest absolute Gasteiger partial charge is 0.328 e. The summed E-state index contributed by atoms with van der Waals surface area (Å²) in [5, 5.41) is 8.38. The van der Waals surface area contributed by atoms with E-state index in [1.54, 1.807) is 41.5 Å². The highest BCUT2D eigenvalue weighted by atomic mass is 16.5. The lowest BCUT2D eigenvalue weighted by atomic mass is 9.99. The van der Waals surface area contributed by atoms with Crippen LogP contribution in [-0.2, 0) is 28.6 Å². The van der Waals surface area contributed by atoms with Crippen molar-refractivity contribution in [2.45, 2.75) is 273 Å². The molecule has 3 atom stereocenters. The number of nitrogens with one attached hydrogen (secondary N) is 3. The monoisotopic (exact) mass is 1010 g/mol. The second kappa shape index (κ2) is 42.4. The molecule has 3 amide bonds. The molecule has 0 saturated carbocycles. The standard InChI is InChI=1S/C60H105N3O9/c1-10-13-16-19-22-25-28-31-34-37-40-70-58(67)52(46(4)5)61-55(64)49-43-50(56(65)62-53(47(6)7)59(68)71-41-38-35-32-29-26-23-20-17-14-11-2)45-51(44-49)57(66)63-54(48(8)9)60(69)72-42-39-36-33-30-27-24-21-18-15-12-3/h43-48,52-54H,10-42H2,1-9H3,(H,61,64)(H,62,65)(H,63,66)/t52-,53-,54-/m0/s1. The summed E-state index contributed by atoms with van der Waals surface area (Å²) in [5.41, 5.74) is -0.180. The first-order valence-electron chi connectivity index (χ1n) is 29.3. The number of hydrogen-bond donors (Lipinski definition) is 3. The Labute approximate surface area is 438 Å². The summed E-state index contributed by atoms with van der Waals surface area (Å²) in [7, 11) is 0. The van der Waals surface area contributed by atoms with Crippen LogP contribution in [0.15, 0.2) is 18.2 Å². The van der Waals surface area contributed by atoms with Crippen molar-refractivity contribution in [3.8, 4) is 0 Å². The highest BCUT2D eigenvalue weighted by Gasteiger charge is 2.31.